The highest BCUT2D eigenvalue weighted by atomic mass is 16.5. The van der Waals surface area contributed by atoms with Crippen LogP contribution in [0.15, 0.2) is 48.5 Å². The maximum atomic E-state index is 14.7. The lowest BCUT2D eigenvalue weighted by atomic mass is 9.51. The van der Waals surface area contributed by atoms with Gasteiger partial charge in [-0.15, -0.1) is 0 Å². The van der Waals surface area contributed by atoms with Crippen LogP contribution in [0.5, 0.6) is 0 Å². The third-order valence-electron chi connectivity index (χ3n) is 8.57. The summed E-state index contributed by atoms with van der Waals surface area (Å²) in [6, 6.07) is 14.5. The summed E-state index contributed by atoms with van der Waals surface area (Å²) in [5.41, 5.74) is -1.70. The zero-order chi connectivity index (χ0) is 23.9. The first-order valence-electron chi connectivity index (χ1n) is 11.6. The zero-order valence-electron chi connectivity index (χ0n) is 19.5. The fourth-order valence-corrected chi connectivity index (χ4v) is 7.67. The highest BCUT2D eigenvalue weighted by Crippen LogP contribution is 2.72. The van der Waals surface area contributed by atoms with Crippen LogP contribution in [-0.4, -0.2) is 63.1 Å². The van der Waals surface area contributed by atoms with E-state index < -0.39 is 28.4 Å². The van der Waals surface area contributed by atoms with E-state index in [-0.39, 0.29) is 18.4 Å². The second-order valence-electron chi connectivity index (χ2n) is 9.59. The number of hydrogen-bond donors (Lipinski definition) is 1. The maximum absolute atomic E-state index is 14.7. The van der Waals surface area contributed by atoms with Gasteiger partial charge in [0, 0.05) is 37.1 Å². The molecule has 1 N–H and O–H groups in total. The number of anilines is 2. The van der Waals surface area contributed by atoms with Gasteiger partial charge in [0.1, 0.15) is 16.4 Å². The van der Waals surface area contributed by atoms with Crippen LogP contribution in [0.3, 0.4) is 0 Å². The van der Waals surface area contributed by atoms with Gasteiger partial charge >= 0.3 is 5.97 Å². The van der Waals surface area contributed by atoms with E-state index in [0.717, 1.165) is 6.42 Å². The largest absolute Gasteiger partial charge is 0.468 e. The van der Waals surface area contributed by atoms with Crippen LogP contribution in [0.1, 0.15) is 24.0 Å². The molecule has 4 aliphatic rings. The monoisotopic (exact) mass is 461 g/mol. The molecule has 4 aliphatic heterocycles. The van der Waals surface area contributed by atoms with Gasteiger partial charge in [-0.2, -0.15) is 0 Å². The average Bonchev–Trinajstić information content (AvgIpc) is 3.55. The van der Waals surface area contributed by atoms with Gasteiger partial charge in [-0.3, -0.25) is 19.3 Å². The molecule has 0 aromatic heterocycles. The topological polar surface area (TPSA) is 88.2 Å². The van der Waals surface area contributed by atoms with Gasteiger partial charge in [0.25, 0.3) is 5.91 Å². The van der Waals surface area contributed by atoms with Gasteiger partial charge in [-0.1, -0.05) is 36.4 Å². The molecule has 4 heterocycles. The van der Waals surface area contributed by atoms with Crippen LogP contribution >= 0.6 is 0 Å². The smallest absolute Gasteiger partial charge is 0.317 e. The van der Waals surface area contributed by atoms with Crippen molar-refractivity contribution >= 4 is 29.2 Å². The number of para-hydroxylation sites is 2. The minimum Gasteiger partial charge on any atom is -0.468 e. The molecule has 2 saturated heterocycles. The number of rotatable bonds is 3. The van der Waals surface area contributed by atoms with E-state index in [1.165, 1.54) is 14.2 Å². The van der Waals surface area contributed by atoms with Gasteiger partial charge in [-0.05, 0) is 37.1 Å². The van der Waals surface area contributed by atoms with E-state index in [1.54, 1.807) is 11.9 Å². The van der Waals surface area contributed by atoms with Crippen molar-refractivity contribution in [2.24, 2.45) is 5.41 Å². The molecular weight excluding hydrogens is 434 g/mol. The molecule has 2 fully saturated rings. The Labute approximate surface area is 197 Å². The van der Waals surface area contributed by atoms with E-state index in [4.69, 9.17) is 9.47 Å². The van der Waals surface area contributed by atoms with Crippen molar-refractivity contribution in [2.45, 2.75) is 29.8 Å². The number of carbonyl (C=O) groups is 3. The van der Waals surface area contributed by atoms with E-state index in [9.17, 15) is 14.4 Å². The van der Waals surface area contributed by atoms with Crippen LogP contribution in [0.4, 0.5) is 11.4 Å². The third-order valence-corrected chi connectivity index (χ3v) is 8.57. The fraction of sp³-hybridized carbons (Fsp3) is 0.423. The number of likely N-dealkylation sites (N-methyl/N-ethyl adjacent to an activating group) is 1. The lowest BCUT2D eigenvalue weighted by molar-refractivity contribution is -0.167. The van der Waals surface area contributed by atoms with Crippen LogP contribution in [0, 0.1) is 5.41 Å². The Morgan fingerprint density at radius 1 is 1.09 bits per heavy atom. The van der Waals surface area contributed by atoms with Gasteiger partial charge in [0.15, 0.2) is 0 Å². The number of nitrogens with zero attached hydrogens (tertiary/aromatic N) is 2. The summed E-state index contributed by atoms with van der Waals surface area (Å²) in [4.78, 5) is 46.7. The molecule has 4 atom stereocenters. The van der Waals surface area contributed by atoms with Gasteiger partial charge in [-0.25, -0.2) is 0 Å². The first-order valence-corrected chi connectivity index (χ1v) is 11.6. The van der Waals surface area contributed by atoms with Gasteiger partial charge in [0.05, 0.1) is 13.7 Å². The quantitative estimate of drug-likeness (QED) is 0.704. The highest BCUT2D eigenvalue weighted by Gasteiger charge is 2.88. The number of ether oxygens (including phenoxy) is 2. The van der Waals surface area contributed by atoms with Gasteiger partial charge < -0.3 is 19.7 Å². The van der Waals surface area contributed by atoms with Crippen molar-refractivity contribution in [1.29, 1.82) is 0 Å². The number of benzene rings is 2. The molecule has 1 unspecified atom stereocenters. The average molecular weight is 462 g/mol. The minimum atomic E-state index is -1.57. The predicted molar refractivity (Wildman–Crippen MR) is 124 cm³/mol. The zero-order valence-corrected chi connectivity index (χ0v) is 19.5. The van der Waals surface area contributed by atoms with Crippen LogP contribution < -0.4 is 10.2 Å². The molecule has 2 aromatic carbocycles. The molecule has 2 amide bonds. The lowest BCUT2D eigenvalue weighted by Gasteiger charge is -2.47. The molecule has 6 rings (SSSR count). The van der Waals surface area contributed by atoms with E-state index in [0.29, 0.717) is 35.5 Å². The Hall–Kier alpha value is -3.23. The Bertz CT molecular complexity index is 1250. The molecule has 176 valence electrons. The van der Waals surface area contributed by atoms with Crippen molar-refractivity contribution in [3.8, 4) is 0 Å². The molecule has 0 aliphatic carbocycles. The maximum Gasteiger partial charge on any atom is 0.317 e. The first kappa shape index (κ1) is 21.3. The number of fused-ring (bicyclic) bond motifs is 7. The van der Waals surface area contributed by atoms with Crippen molar-refractivity contribution < 1.29 is 23.9 Å². The van der Waals surface area contributed by atoms with Crippen LogP contribution in [0.25, 0.3) is 0 Å². The van der Waals surface area contributed by atoms with Crippen LogP contribution in [0.2, 0.25) is 0 Å². The van der Waals surface area contributed by atoms with Crippen molar-refractivity contribution in [3.63, 3.8) is 0 Å². The Kier molecular flexibility index (Phi) is 4.32. The van der Waals surface area contributed by atoms with E-state index in [2.05, 4.69) is 10.2 Å². The molecule has 2 spiro atoms. The highest BCUT2D eigenvalue weighted by molar-refractivity contribution is 6.21. The number of nitrogens with one attached hydrogen (secondary N) is 1. The van der Waals surface area contributed by atoms with E-state index in [1.807, 2.05) is 48.5 Å². The molecule has 2 aromatic rings. The second-order valence-corrected chi connectivity index (χ2v) is 9.59. The number of amides is 2. The Balaban J connectivity index is 1.85. The van der Waals surface area contributed by atoms with Crippen molar-refractivity contribution in [3.05, 3.63) is 59.7 Å². The second kappa shape index (κ2) is 6.90. The lowest BCUT2D eigenvalue weighted by Crippen LogP contribution is -2.68. The normalized spacial score (nSPS) is 33.4. The number of hydrogen-bond acceptors (Lipinski definition) is 6. The SMILES string of the molecule is COC[C@@]1(C(=O)OC)C2CCCN2[C@]2(C(=O)Nc3ccccc32)[C@]12C(=O)N(C)c1ccccc12. The Morgan fingerprint density at radius 3 is 2.53 bits per heavy atom. The first-order chi connectivity index (χ1) is 16.4. The molecular formula is C26H27N3O5. The molecule has 0 saturated carbocycles. The number of esters is 1. The molecule has 8 heteroatoms. The molecule has 0 radical (unpaired) electrons. The van der Waals surface area contributed by atoms with Crippen molar-refractivity contribution in [2.75, 3.05) is 44.6 Å². The summed E-state index contributed by atoms with van der Waals surface area (Å²) in [6.07, 6.45) is 1.45. The number of carbonyl (C=O) groups excluding carboxylic acids is 3. The summed E-state index contributed by atoms with van der Waals surface area (Å²) in [6.45, 7) is 0.530. The summed E-state index contributed by atoms with van der Waals surface area (Å²) < 4.78 is 11.2. The molecule has 34 heavy (non-hydrogen) atoms. The third kappa shape index (κ3) is 1.95. The summed E-state index contributed by atoms with van der Waals surface area (Å²) in [7, 11) is 4.58. The molecule has 0 bridgehead atoms. The molecule has 8 nitrogen and oxygen atoms in total. The standard InChI is InChI=1S/C26H27N3O5/c1-28-19-12-7-5-10-17(19)25(22(28)31)24(15-33-2,23(32)34-3)20-13-8-14-29(20)26(25)16-9-4-6-11-18(16)27-21(26)30/h4-7,9-12,20H,8,13-15H2,1-3H3,(H,27,30)/t20?,24-,25+,26+/m0/s1. The van der Waals surface area contributed by atoms with E-state index >= 15 is 0 Å². The predicted octanol–water partition coefficient (Wildman–Crippen LogP) is 2.03. The summed E-state index contributed by atoms with van der Waals surface area (Å²) in [5, 5.41) is 3.05. The summed E-state index contributed by atoms with van der Waals surface area (Å²) >= 11 is 0. The summed E-state index contributed by atoms with van der Waals surface area (Å²) in [5.74, 6) is -1.11. The minimum absolute atomic E-state index is 0.0497. The van der Waals surface area contributed by atoms with Crippen molar-refractivity contribution in [1.82, 2.24) is 4.90 Å². The van der Waals surface area contributed by atoms with Gasteiger partial charge in [0.2, 0.25) is 5.91 Å². The fourth-order valence-electron chi connectivity index (χ4n) is 7.67. The number of methoxy groups -OCH3 is 2. The Morgan fingerprint density at radius 2 is 1.79 bits per heavy atom. The van der Waals surface area contributed by atoms with Crippen LogP contribution in [-0.2, 0) is 34.8 Å².